The minimum absolute atomic E-state index is 0.138. The molecule has 0 radical (unpaired) electrons. The summed E-state index contributed by atoms with van der Waals surface area (Å²) < 4.78 is 0. The van der Waals surface area contributed by atoms with Crippen molar-refractivity contribution in [3.05, 3.63) is 23.8 Å². The van der Waals surface area contributed by atoms with E-state index < -0.39 is 5.97 Å². The summed E-state index contributed by atoms with van der Waals surface area (Å²) in [6.45, 7) is 1.92. The molecule has 5 heteroatoms. The number of hydrogen-bond acceptors (Lipinski definition) is 4. The number of anilines is 1. The number of thioether (sulfide) groups is 1. The lowest BCUT2D eigenvalue weighted by molar-refractivity contribution is -0.134. The summed E-state index contributed by atoms with van der Waals surface area (Å²) in [5.74, 6) is 0.0576. The van der Waals surface area contributed by atoms with Gasteiger partial charge in [0.25, 0.3) is 0 Å². The van der Waals surface area contributed by atoms with Crippen LogP contribution in [0, 0.1) is 5.41 Å². The Labute approximate surface area is 98.6 Å². The Kier molecular flexibility index (Phi) is 4.85. The molecule has 0 saturated carbocycles. The largest absolute Gasteiger partial charge is 0.480 e. The van der Waals surface area contributed by atoms with Crippen molar-refractivity contribution in [2.45, 2.75) is 11.8 Å². The predicted octanol–water partition coefficient (Wildman–Crippen LogP) is 2.29. The van der Waals surface area contributed by atoms with E-state index in [2.05, 4.69) is 12.2 Å². The van der Waals surface area contributed by atoms with Crippen LogP contribution in [-0.4, -0.2) is 29.6 Å². The van der Waals surface area contributed by atoms with Gasteiger partial charge in [-0.05, 0) is 24.0 Å². The van der Waals surface area contributed by atoms with Crippen molar-refractivity contribution in [2.75, 3.05) is 17.6 Å². The van der Waals surface area contributed by atoms with E-state index in [1.807, 2.05) is 12.1 Å². The molecule has 0 spiro atoms. The number of benzene rings is 1. The second kappa shape index (κ2) is 6.17. The Morgan fingerprint density at radius 1 is 1.62 bits per heavy atom. The number of aliphatic carboxylic acids is 1. The third-order valence-corrected chi connectivity index (χ3v) is 2.80. The molecule has 86 valence electrons. The van der Waals surface area contributed by atoms with Gasteiger partial charge in [0.1, 0.15) is 6.54 Å². The number of nitrogens with one attached hydrogen (secondary N) is 2. The Morgan fingerprint density at radius 3 is 2.94 bits per heavy atom. The van der Waals surface area contributed by atoms with Crippen LogP contribution in [-0.2, 0) is 4.79 Å². The Hall–Kier alpha value is -1.49. The van der Waals surface area contributed by atoms with Crippen LogP contribution in [0.5, 0.6) is 0 Å². The molecule has 0 amide bonds. The zero-order valence-corrected chi connectivity index (χ0v) is 9.80. The van der Waals surface area contributed by atoms with Crippen LogP contribution in [0.2, 0.25) is 0 Å². The fourth-order valence-corrected chi connectivity index (χ4v) is 1.96. The first-order valence-electron chi connectivity index (χ1n) is 4.90. The maximum atomic E-state index is 10.4. The second-order valence-corrected chi connectivity index (χ2v) is 4.41. The Bertz CT molecular complexity index is 394. The molecule has 0 unspecified atom stereocenters. The van der Waals surface area contributed by atoms with Crippen molar-refractivity contribution in [3.8, 4) is 0 Å². The number of rotatable bonds is 6. The van der Waals surface area contributed by atoms with E-state index in [9.17, 15) is 4.79 Å². The highest BCUT2D eigenvalue weighted by Gasteiger charge is 2.03. The first-order valence-corrected chi connectivity index (χ1v) is 5.89. The Morgan fingerprint density at radius 2 is 2.38 bits per heavy atom. The molecule has 0 bridgehead atoms. The first kappa shape index (κ1) is 12.6. The number of carbonyl (C=O) groups is 1. The zero-order valence-electron chi connectivity index (χ0n) is 8.99. The molecule has 1 aromatic carbocycles. The molecule has 0 aliphatic heterocycles. The SMILES string of the molecule is CCSc1ccc(NCC(=O)O)c(C=N)c1. The van der Waals surface area contributed by atoms with E-state index in [1.165, 1.54) is 6.21 Å². The maximum Gasteiger partial charge on any atom is 0.322 e. The minimum Gasteiger partial charge on any atom is -0.480 e. The zero-order chi connectivity index (χ0) is 12.0. The molecule has 0 aliphatic rings. The molecular weight excluding hydrogens is 224 g/mol. The lowest BCUT2D eigenvalue weighted by Gasteiger charge is -2.08. The van der Waals surface area contributed by atoms with Crippen molar-refractivity contribution in [3.63, 3.8) is 0 Å². The molecule has 0 fully saturated rings. The minimum atomic E-state index is -0.914. The van der Waals surface area contributed by atoms with E-state index in [0.29, 0.717) is 11.3 Å². The molecule has 3 N–H and O–H groups in total. The third kappa shape index (κ3) is 3.58. The molecule has 1 rings (SSSR count). The summed E-state index contributed by atoms with van der Waals surface area (Å²) in [4.78, 5) is 11.5. The molecule has 0 heterocycles. The van der Waals surface area contributed by atoms with Gasteiger partial charge >= 0.3 is 5.97 Å². The topological polar surface area (TPSA) is 73.2 Å². The number of carboxylic acid groups (broad SMARTS) is 1. The van der Waals surface area contributed by atoms with Gasteiger partial charge in [-0.2, -0.15) is 0 Å². The average molecular weight is 238 g/mol. The summed E-state index contributed by atoms with van der Waals surface area (Å²) in [5.41, 5.74) is 1.39. The van der Waals surface area contributed by atoms with Gasteiger partial charge in [-0.25, -0.2) is 0 Å². The van der Waals surface area contributed by atoms with Gasteiger partial charge in [0.2, 0.25) is 0 Å². The highest BCUT2D eigenvalue weighted by Crippen LogP contribution is 2.23. The van der Waals surface area contributed by atoms with E-state index >= 15 is 0 Å². The van der Waals surface area contributed by atoms with Crippen LogP contribution in [0.1, 0.15) is 12.5 Å². The smallest absolute Gasteiger partial charge is 0.322 e. The highest BCUT2D eigenvalue weighted by atomic mass is 32.2. The van der Waals surface area contributed by atoms with Crippen LogP contribution < -0.4 is 5.32 Å². The van der Waals surface area contributed by atoms with E-state index in [-0.39, 0.29) is 6.54 Å². The highest BCUT2D eigenvalue weighted by molar-refractivity contribution is 7.99. The van der Waals surface area contributed by atoms with Gasteiger partial charge < -0.3 is 15.8 Å². The normalized spacial score (nSPS) is 9.81. The maximum absolute atomic E-state index is 10.4. The molecule has 1 aromatic rings. The van der Waals surface area contributed by atoms with Gasteiger partial charge in [-0.1, -0.05) is 6.92 Å². The summed E-state index contributed by atoms with van der Waals surface area (Å²) >= 11 is 1.69. The van der Waals surface area contributed by atoms with Gasteiger partial charge in [-0.3, -0.25) is 4.79 Å². The monoisotopic (exact) mass is 238 g/mol. The quantitative estimate of drug-likeness (QED) is 0.525. The molecule has 0 aliphatic carbocycles. The van der Waals surface area contributed by atoms with Crippen LogP contribution in [0.3, 0.4) is 0 Å². The van der Waals surface area contributed by atoms with Crippen molar-refractivity contribution in [1.29, 1.82) is 5.41 Å². The Balaban J connectivity index is 2.84. The molecular formula is C11H14N2O2S. The standard InChI is InChI=1S/C11H14N2O2S/c1-2-16-9-3-4-10(8(5-9)6-12)13-7-11(14)15/h3-6,12-13H,2,7H2,1H3,(H,14,15). The summed E-state index contributed by atoms with van der Waals surface area (Å²) in [5, 5.41) is 18.6. The third-order valence-electron chi connectivity index (χ3n) is 1.92. The summed E-state index contributed by atoms with van der Waals surface area (Å²) in [6, 6.07) is 5.61. The lowest BCUT2D eigenvalue weighted by atomic mass is 10.2. The molecule has 0 aromatic heterocycles. The number of hydrogen-bond donors (Lipinski definition) is 3. The van der Waals surface area contributed by atoms with Crippen LogP contribution in [0.4, 0.5) is 5.69 Å². The fraction of sp³-hybridized carbons (Fsp3) is 0.273. The van der Waals surface area contributed by atoms with Crippen molar-refractivity contribution < 1.29 is 9.90 Å². The van der Waals surface area contributed by atoms with Gasteiger partial charge in [0.05, 0.1) is 0 Å². The summed E-state index contributed by atoms with van der Waals surface area (Å²) in [7, 11) is 0. The predicted molar refractivity (Wildman–Crippen MR) is 66.9 cm³/mol. The summed E-state index contributed by atoms with van der Waals surface area (Å²) in [6.07, 6.45) is 1.23. The van der Waals surface area contributed by atoms with Crippen molar-refractivity contribution in [1.82, 2.24) is 0 Å². The van der Waals surface area contributed by atoms with E-state index in [0.717, 1.165) is 10.6 Å². The van der Waals surface area contributed by atoms with Crippen LogP contribution in [0.15, 0.2) is 23.1 Å². The molecule has 0 saturated heterocycles. The van der Waals surface area contributed by atoms with Crippen molar-refractivity contribution in [2.24, 2.45) is 0 Å². The van der Waals surface area contributed by atoms with Crippen molar-refractivity contribution >= 4 is 29.6 Å². The van der Waals surface area contributed by atoms with Gasteiger partial charge in [-0.15, -0.1) is 11.8 Å². The van der Waals surface area contributed by atoms with Gasteiger partial charge in [0, 0.05) is 22.4 Å². The first-order chi connectivity index (χ1) is 7.67. The molecule has 16 heavy (non-hydrogen) atoms. The van der Waals surface area contributed by atoms with Crippen LogP contribution in [0.25, 0.3) is 0 Å². The van der Waals surface area contributed by atoms with E-state index in [1.54, 1.807) is 17.8 Å². The average Bonchev–Trinajstić information content (AvgIpc) is 2.27. The molecule has 4 nitrogen and oxygen atoms in total. The number of carboxylic acids is 1. The van der Waals surface area contributed by atoms with Crippen LogP contribution >= 0.6 is 11.8 Å². The molecule has 0 atom stereocenters. The lowest BCUT2D eigenvalue weighted by Crippen LogP contribution is -2.13. The fourth-order valence-electron chi connectivity index (χ4n) is 1.25. The van der Waals surface area contributed by atoms with Gasteiger partial charge in [0.15, 0.2) is 0 Å². The second-order valence-electron chi connectivity index (χ2n) is 3.07. The van der Waals surface area contributed by atoms with E-state index in [4.69, 9.17) is 10.5 Å².